The highest BCUT2D eigenvalue weighted by atomic mass is 31.1. The van der Waals surface area contributed by atoms with Crippen molar-refractivity contribution in [1.82, 2.24) is 0 Å². The zero-order chi connectivity index (χ0) is 16.4. The molecule has 2 atom stereocenters. The van der Waals surface area contributed by atoms with Crippen LogP contribution in [0.2, 0.25) is 0 Å². The van der Waals surface area contributed by atoms with E-state index in [2.05, 4.69) is 9.98 Å². The normalized spacial score (nSPS) is 21.9. The fraction of sp³-hybridized carbons (Fsp3) is 0.222. The maximum absolute atomic E-state index is 12.4. The van der Waals surface area contributed by atoms with Gasteiger partial charge in [0.15, 0.2) is 0 Å². The van der Waals surface area contributed by atoms with Crippen molar-refractivity contribution in [3.63, 3.8) is 0 Å². The van der Waals surface area contributed by atoms with Crippen LogP contribution in [-0.2, 0) is 26.5 Å². The average Bonchev–Trinajstić information content (AvgIpc) is 2.62. The van der Waals surface area contributed by atoms with Crippen molar-refractivity contribution in [3.05, 3.63) is 70.8 Å². The van der Waals surface area contributed by atoms with Crippen molar-refractivity contribution in [3.8, 4) is 0 Å². The molecular weight excluding hydrogens is 323 g/mol. The van der Waals surface area contributed by atoms with Crippen LogP contribution < -0.4 is 0 Å². The summed E-state index contributed by atoms with van der Waals surface area (Å²) in [5.74, 6) is 0. The molecule has 2 aromatic carbocycles. The molecule has 24 heavy (non-hydrogen) atoms. The number of hydrogen-bond donors (Lipinski definition) is 0. The van der Waals surface area contributed by atoms with E-state index >= 15 is 0 Å². The van der Waals surface area contributed by atoms with Crippen LogP contribution in [0.3, 0.4) is 0 Å². The monoisotopic (exact) mass is 339 g/mol. The molecule has 0 bridgehead atoms. The van der Waals surface area contributed by atoms with Crippen LogP contribution in [0.25, 0.3) is 0 Å². The number of aliphatic imine (C=N–C) groups is 2. The third-order valence-electron chi connectivity index (χ3n) is 4.12. The van der Waals surface area contributed by atoms with Gasteiger partial charge in [-0.2, -0.15) is 0 Å². The summed E-state index contributed by atoms with van der Waals surface area (Å²) in [5, 5.41) is 0. The SMILES string of the molecule is O=[P+](OC1N=CCc2ccccc21)OC1N=CCc2ccccc21. The molecule has 0 fully saturated rings. The fourth-order valence-electron chi connectivity index (χ4n) is 2.93. The van der Waals surface area contributed by atoms with Gasteiger partial charge in [0.2, 0.25) is 12.5 Å². The Hall–Kier alpha value is -2.20. The number of fused-ring (bicyclic) bond motifs is 2. The van der Waals surface area contributed by atoms with Gasteiger partial charge in [-0.25, -0.2) is 0 Å². The van der Waals surface area contributed by atoms with Crippen LogP contribution in [0.1, 0.15) is 34.7 Å². The molecule has 2 heterocycles. The number of hydrogen-bond acceptors (Lipinski definition) is 5. The molecule has 2 aromatic rings. The molecule has 4 rings (SSSR count). The largest absolute Gasteiger partial charge is 0.702 e. The minimum Gasteiger partial charge on any atom is -0.256 e. The highest BCUT2D eigenvalue weighted by molar-refractivity contribution is 7.33. The van der Waals surface area contributed by atoms with Gasteiger partial charge in [0.05, 0.1) is 0 Å². The highest BCUT2D eigenvalue weighted by Gasteiger charge is 2.35. The smallest absolute Gasteiger partial charge is 0.256 e. The van der Waals surface area contributed by atoms with Crippen LogP contribution in [-0.4, -0.2) is 12.4 Å². The van der Waals surface area contributed by atoms with E-state index in [0.29, 0.717) is 0 Å². The van der Waals surface area contributed by atoms with E-state index in [4.69, 9.17) is 9.05 Å². The van der Waals surface area contributed by atoms with Gasteiger partial charge in [-0.05, 0) is 11.1 Å². The first-order chi connectivity index (χ1) is 11.8. The third kappa shape index (κ3) is 3.06. The van der Waals surface area contributed by atoms with Gasteiger partial charge in [0.1, 0.15) is 0 Å². The van der Waals surface area contributed by atoms with E-state index in [1.807, 2.05) is 48.5 Å². The first-order valence-electron chi connectivity index (χ1n) is 7.81. The average molecular weight is 339 g/mol. The number of nitrogens with zero attached hydrogens (tertiary/aromatic N) is 2. The molecule has 0 saturated carbocycles. The lowest BCUT2D eigenvalue weighted by atomic mass is 10.0. The van der Waals surface area contributed by atoms with E-state index in [1.54, 1.807) is 12.4 Å². The van der Waals surface area contributed by atoms with Crippen LogP contribution >= 0.6 is 8.25 Å². The van der Waals surface area contributed by atoms with E-state index in [1.165, 1.54) is 0 Å². The van der Waals surface area contributed by atoms with Crippen molar-refractivity contribution < 1.29 is 13.6 Å². The van der Waals surface area contributed by atoms with Crippen LogP contribution in [0.15, 0.2) is 58.5 Å². The highest BCUT2D eigenvalue weighted by Crippen LogP contribution is 2.41. The van der Waals surface area contributed by atoms with Crippen LogP contribution in [0.5, 0.6) is 0 Å². The second-order valence-electron chi connectivity index (χ2n) is 5.61. The fourth-order valence-corrected chi connectivity index (χ4v) is 3.64. The molecule has 6 heteroatoms. The van der Waals surface area contributed by atoms with Gasteiger partial charge in [-0.15, -0.1) is 0 Å². The summed E-state index contributed by atoms with van der Waals surface area (Å²) in [5.41, 5.74) is 4.11. The minimum atomic E-state index is -2.35. The summed E-state index contributed by atoms with van der Waals surface area (Å²) in [4.78, 5) is 8.60. The van der Waals surface area contributed by atoms with Gasteiger partial charge in [-0.1, -0.05) is 57.6 Å². The molecule has 0 spiro atoms. The summed E-state index contributed by atoms with van der Waals surface area (Å²) in [6.07, 6.45) is 3.89. The molecule has 0 radical (unpaired) electrons. The number of rotatable bonds is 4. The summed E-state index contributed by atoms with van der Waals surface area (Å²) >= 11 is 0. The van der Waals surface area contributed by atoms with E-state index in [-0.39, 0.29) is 0 Å². The van der Waals surface area contributed by atoms with E-state index in [9.17, 15) is 4.57 Å². The van der Waals surface area contributed by atoms with Crippen molar-refractivity contribution in [2.24, 2.45) is 9.98 Å². The lowest BCUT2D eigenvalue weighted by Gasteiger charge is -2.17. The second kappa shape index (κ2) is 6.73. The Labute approximate surface area is 141 Å². The third-order valence-corrected chi connectivity index (χ3v) is 4.86. The quantitative estimate of drug-likeness (QED) is 0.779. The lowest BCUT2D eigenvalue weighted by molar-refractivity contribution is 0.136. The molecule has 0 amide bonds. The molecule has 120 valence electrons. The zero-order valence-corrected chi connectivity index (χ0v) is 13.8. The maximum atomic E-state index is 12.4. The van der Waals surface area contributed by atoms with Gasteiger partial charge < -0.3 is 0 Å². The van der Waals surface area contributed by atoms with Gasteiger partial charge in [-0.3, -0.25) is 9.98 Å². The summed E-state index contributed by atoms with van der Waals surface area (Å²) in [6.45, 7) is 0. The summed E-state index contributed by atoms with van der Waals surface area (Å²) in [6, 6.07) is 15.7. The summed E-state index contributed by atoms with van der Waals surface area (Å²) < 4.78 is 23.5. The lowest BCUT2D eigenvalue weighted by Crippen LogP contribution is -2.10. The van der Waals surface area contributed by atoms with Gasteiger partial charge in [0, 0.05) is 41.0 Å². The Morgan fingerprint density at radius 1 is 0.792 bits per heavy atom. The Morgan fingerprint density at radius 2 is 1.25 bits per heavy atom. The zero-order valence-electron chi connectivity index (χ0n) is 12.9. The predicted octanol–water partition coefficient (Wildman–Crippen LogP) is 4.33. The Balaban J connectivity index is 1.48. The van der Waals surface area contributed by atoms with E-state index in [0.717, 1.165) is 35.1 Å². The van der Waals surface area contributed by atoms with Gasteiger partial charge >= 0.3 is 8.25 Å². The first kappa shape index (κ1) is 15.3. The minimum absolute atomic E-state index is 0.596. The standard InChI is InChI=1S/C18H16N2O3P/c21-24(22-17-15-7-3-1-5-13(15)9-11-19-17)23-18-16-8-4-2-6-14(16)10-12-20-18/h1-8,11-12,17-18H,9-10H2/q+1. The van der Waals surface area contributed by atoms with Gasteiger partial charge in [0.25, 0.3) is 0 Å². The molecule has 0 N–H and O–H groups in total. The maximum Gasteiger partial charge on any atom is 0.702 e. The number of benzene rings is 2. The van der Waals surface area contributed by atoms with Crippen LogP contribution in [0, 0.1) is 0 Å². The van der Waals surface area contributed by atoms with Crippen molar-refractivity contribution in [2.75, 3.05) is 0 Å². The predicted molar refractivity (Wildman–Crippen MR) is 92.5 cm³/mol. The Kier molecular flexibility index (Phi) is 4.30. The molecule has 0 aromatic heterocycles. The van der Waals surface area contributed by atoms with Crippen molar-refractivity contribution >= 4 is 20.7 Å². The van der Waals surface area contributed by atoms with E-state index < -0.39 is 20.7 Å². The first-order valence-corrected chi connectivity index (χ1v) is 8.90. The molecule has 2 aliphatic heterocycles. The van der Waals surface area contributed by atoms with Crippen molar-refractivity contribution in [1.29, 1.82) is 0 Å². The molecule has 0 saturated heterocycles. The molecule has 2 aliphatic rings. The molecule has 5 nitrogen and oxygen atoms in total. The van der Waals surface area contributed by atoms with Crippen molar-refractivity contribution in [2.45, 2.75) is 25.3 Å². The topological polar surface area (TPSA) is 60.2 Å². The molecule has 0 aliphatic carbocycles. The molecular formula is C18H16N2O3P+. The summed E-state index contributed by atoms with van der Waals surface area (Å²) in [7, 11) is -2.35. The molecule has 2 unspecified atom stereocenters. The van der Waals surface area contributed by atoms with Crippen LogP contribution in [0.4, 0.5) is 0 Å². The Morgan fingerprint density at radius 3 is 1.75 bits per heavy atom. The Bertz CT molecular complexity index is 767. The second-order valence-corrected chi connectivity index (χ2v) is 6.48.